The molecule has 0 unspecified atom stereocenters. The fourth-order valence-corrected chi connectivity index (χ4v) is 11.3. The van der Waals surface area contributed by atoms with Crippen LogP contribution in [0.3, 0.4) is 0 Å². The Morgan fingerprint density at radius 3 is 1.19 bits per heavy atom. The van der Waals surface area contributed by atoms with Gasteiger partial charge in [0, 0.05) is 50.6 Å². The molecule has 9 aromatic carbocycles. The summed E-state index contributed by atoms with van der Waals surface area (Å²) in [4.78, 5) is 16.3. The topological polar surface area (TPSA) is 32.3 Å². The van der Waals surface area contributed by atoms with E-state index in [1.54, 1.807) is 0 Å². The highest BCUT2D eigenvalue weighted by Gasteiger charge is 2.45. The van der Waals surface area contributed by atoms with Crippen LogP contribution in [0.15, 0.2) is 176 Å². The molecule has 1 aromatic heterocycles. The van der Waals surface area contributed by atoms with E-state index >= 15 is 0 Å². The Morgan fingerprint density at radius 1 is 0.356 bits per heavy atom. The van der Waals surface area contributed by atoms with Crippen molar-refractivity contribution in [3.63, 3.8) is 0 Å². The zero-order valence-electron chi connectivity index (χ0n) is 44.6. The van der Waals surface area contributed by atoms with Gasteiger partial charge in [0.15, 0.2) is 5.82 Å². The summed E-state index contributed by atoms with van der Waals surface area (Å²) in [5.74, 6) is 0.694. The van der Waals surface area contributed by atoms with Crippen molar-refractivity contribution >= 4 is 89.7 Å². The minimum absolute atomic E-state index is 0.0936. The molecule has 2 aliphatic rings. The smallest absolute Gasteiger partial charge is 0.252 e. The van der Waals surface area contributed by atoms with Crippen LogP contribution < -0.4 is 26.2 Å². The molecular formula is C68H65BN4. The van der Waals surface area contributed by atoms with Crippen LogP contribution in [0.2, 0.25) is 0 Å². The molecule has 0 spiro atoms. The van der Waals surface area contributed by atoms with Gasteiger partial charge in [0.2, 0.25) is 0 Å². The van der Waals surface area contributed by atoms with Crippen molar-refractivity contribution in [2.45, 2.75) is 105 Å². The van der Waals surface area contributed by atoms with Gasteiger partial charge in [-0.25, -0.2) is 9.97 Å². The number of hydrogen-bond acceptors (Lipinski definition) is 4. The summed E-state index contributed by atoms with van der Waals surface area (Å²) in [5, 5.41) is 5.92. The zero-order chi connectivity index (χ0) is 50.9. The van der Waals surface area contributed by atoms with Crippen molar-refractivity contribution in [3.8, 4) is 22.6 Å². The van der Waals surface area contributed by atoms with Crippen LogP contribution in [0, 0.1) is 0 Å². The summed E-state index contributed by atoms with van der Waals surface area (Å²) in [6, 6.07) is 66.3. The van der Waals surface area contributed by atoms with Gasteiger partial charge in [0.1, 0.15) is 0 Å². The van der Waals surface area contributed by atoms with E-state index in [1.165, 1.54) is 71.6 Å². The normalized spacial score (nSPS) is 13.7. The molecule has 0 atom stereocenters. The molecule has 0 saturated carbocycles. The number of aromatic nitrogens is 2. The van der Waals surface area contributed by atoms with Crippen molar-refractivity contribution in [2.24, 2.45) is 0 Å². The minimum atomic E-state index is -0.103. The van der Waals surface area contributed by atoms with Crippen molar-refractivity contribution in [1.29, 1.82) is 0 Å². The van der Waals surface area contributed by atoms with Crippen molar-refractivity contribution in [1.82, 2.24) is 9.97 Å². The third-order valence-electron chi connectivity index (χ3n) is 15.5. The Balaban J connectivity index is 1.27. The van der Waals surface area contributed by atoms with Crippen LogP contribution in [-0.4, -0.2) is 16.7 Å². The molecule has 12 rings (SSSR count). The number of nitrogens with zero attached hydrogens (tertiary/aromatic N) is 4. The molecule has 3 heterocycles. The number of fused-ring (bicyclic) bond motifs is 7. The number of anilines is 6. The maximum atomic E-state index is 5.61. The van der Waals surface area contributed by atoms with E-state index in [-0.39, 0.29) is 28.4 Å². The fourth-order valence-electron chi connectivity index (χ4n) is 11.3. The van der Waals surface area contributed by atoms with Crippen molar-refractivity contribution in [3.05, 3.63) is 198 Å². The van der Waals surface area contributed by atoms with E-state index in [0.29, 0.717) is 5.82 Å². The molecule has 0 N–H and O–H groups in total. The molecule has 0 bridgehead atoms. The molecule has 10 aromatic rings. The van der Waals surface area contributed by atoms with E-state index in [9.17, 15) is 0 Å². The molecule has 2 aliphatic heterocycles. The highest BCUT2D eigenvalue weighted by molar-refractivity contribution is 7.00. The Hall–Kier alpha value is -7.50. The number of hydrogen-bond donors (Lipinski definition) is 0. The predicted molar refractivity (Wildman–Crippen MR) is 314 cm³/mol. The molecule has 0 fully saturated rings. The molecule has 5 heteroatoms. The van der Waals surface area contributed by atoms with E-state index in [1.807, 2.05) is 0 Å². The van der Waals surface area contributed by atoms with E-state index < -0.39 is 0 Å². The van der Waals surface area contributed by atoms with Gasteiger partial charge in [-0.3, -0.25) is 0 Å². The minimum Gasteiger partial charge on any atom is -0.311 e. The zero-order valence-corrected chi connectivity index (χ0v) is 44.6. The number of para-hydroxylation sites is 1. The van der Waals surface area contributed by atoms with Gasteiger partial charge >= 0.3 is 0 Å². The Bertz CT molecular complexity index is 3610. The lowest BCUT2D eigenvalue weighted by Gasteiger charge is -2.45. The Morgan fingerprint density at radius 2 is 0.753 bits per heavy atom. The average Bonchev–Trinajstić information content (AvgIpc) is 3.36. The maximum absolute atomic E-state index is 5.61. The maximum Gasteiger partial charge on any atom is 0.252 e. The number of benzene rings is 9. The summed E-state index contributed by atoms with van der Waals surface area (Å²) < 4.78 is 0. The third-order valence-corrected chi connectivity index (χ3v) is 15.5. The molecular weight excluding hydrogens is 884 g/mol. The highest BCUT2D eigenvalue weighted by Crippen LogP contribution is 2.49. The van der Waals surface area contributed by atoms with E-state index in [2.05, 4.69) is 269 Å². The largest absolute Gasteiger partial charge is 0.311 e. The molecule has 0 saturated heterocycles. The summed E-state index contributed by atoms with van der Waals surface area (Å²) in [7, 11) is 0. The first-order valence-corrected chi connectivity index (χ1v) is 26.2. The van der Waals surface area contributed by atoms with Crippen LogP contribution in [0.1, 0.15) is 105 Å². The van der Waals surface area contributed by atoms with Gasteiger partial charge in [0.25, 0.3) is 6.71 Å². The second-order valence-corrected chi connectivity index (χ2v) is 24.9. The first kappa shape index (κ1) is 46.6. The lowest BCUT2D eigenvalue weighted by molar-refractivity contribution is 0.568. The van der Waals surface area contributed by atoms with Crippen LogP contribution in [0.5, 0.6) is 0 Å². The summed E-state index contributed by atoms with van der Waals surface area (Å²) in [6.07, 6.45) is 0. The van der Waals surface area contributed by atoms with Gasteiger partial charge < -0.3 is 9.80 Å². The van der Waals surface area contributed by atoms with Gasteiger partial charge in [-0.05, 0) is 136 Å². The SMILES string of the molecule is CC(C)(C)c1cc(N2c3cc4ccccc4cc3B3c4cc5ccccc5cc4N(c4cc(C(C)(C)C)cc(C(C)(C)C)c4)c4cc(-c5nc(-c6ccccc6)c6ccccc6n5)cc2c43)cc(C(C)(C)C)c1. The van der Waals surface area contributed by atoms with E-state index in [0.717, 1.165) is 50.5 Å². The van der Waals surface area contributed by atoms with Crippen molar-refractivity contribution < 1.29 is 0 Å². The molecule has 4 nitrogen and oxygen atoms in total. The summed E-state index contributed by atoms with van der Waals surface area (Å²) >= 11 is 0. The summed E-state index contributed by atoms with van der Waals surface area (Å²) in [6.45, 7) is 28.0. The molecule has 0 amide bonds. The fraction of sp³-hybridized carbons (Fsp3) is 0.235. The first-order chi connectivity index (χ1) is 34.7. The lowest BCUT2D eigenvalue weighted by Crippen LogP contribution is -2.61. The van der Waals surface area contributed by atoms with Crippen LogP contribution in [0.4, 0.5) is 34.1 Å². The average molecular weight is 949 g/mol. The standard InChI is InChI=1S/C68H65BN4/c1-65(2,3)48-36-49(66(4,5)6)39-52(38-48)72-58-32-45-26-18-16-24-43(45)30-55(58)69-56-31-44-25-17-19-27-46(44)33-59(56)73(53-40-50(67(7,8)9)37-51(41-53)68(10,11)12)61-35-47(34-60(72)62(61)69)64-70-57-29-21-20-28-54(57)63(71-64)42-22-14-13-15-23-42/h13-41H,1-12H3. The predicted octanol–water partition coefficient (Wildman–Crippen LogP) is 16.5. The second-order valence-electron chi connectivity index (χ2n) is 24.9. The Labute approximate surface area is 432 Å². The van der Waals surface area contributed by atoms with Crippen LogP contribution >= 0.6 is 0 Å². The van der Waals surface area contributed by atoms with Crippen molar-refractivity contribution in [2.75, 3.05) is 9.80 Å². The van der Waals surface area contributed by atoms with Gasteiger partial charge in [-0.15, -0.1) is 0 Å². The van der Waals surface area contributed by atoms with Crippen LogP contribution in [0.25, 0.3) is 55.1 Å². The second kappa shape index (κ2) is 16.5. The quantitative estimate of drug-likeness (QED) is 0.165. The van der Waals surface area contributed by atoms with Gasteiger partial charge in [-0.1, -0.05) is 204 Å². The summed E-state index contributed by atoms with van der Waals surface area (Å²) in [5.41, 5.74) is 19.5. The lowest BCUT2D eigenvalue weighted by atomic mass is 9.33. The first-order valence-electron chi connectivity index (χ1n) is 26.2. The van der Waals surface area contributed by atoms with Crippen LogP contribution in [-0.2, 0) is 21.7 Å². The Kier molecular flexibility index (Phi) is 10.5. The molecule has 360 valence electrons. The highest BCUT2D eigenvalue weighted by atomic mass is 15.2. The third kappa shape index (κ3) is 8.00. The molecule has 0 radical (unpaired) electrons. The van der Waals surface area contributed by atoms with E-state index in [4.69, 9.17) is 9.97 Å². The molecule has 0 aliphatic carbocycles. The monoisotopic (exact) mass is 949 g/mol. The van der Waals surface area contributed by atoms with Gasteiger partial charge in [-0.2, -0.15) is 0 Å². The number of rotatable bonds is 4. The molecule has 73 heavy (non-hydrogen) atoms. The van der Waals surface area contributed by atoms with Gasteiger partial charge in [0.05, 0.1) is 11.2 Å².